The van der Waals surface area contributed by atoms with E-state index in [1.165, 1.54) is 22.9 Å². The lowest BCUT2D eigenvalue weighted by molar-refractivity contribution is 0.317. The van der Waals surface area contributed by atoms with Gasteiger partial charge in [0.1, 0.15) is 0 Å². The Morgan fingerprint density at radius 2 is 1.77 bits per heavy atom. The van der Waals surface area contributed by atoms with Crippen LogP contribution in [0.25, 0.3) is 0 Å². The van der Waals surface area contributed by atoms with Crippen LogP contribution in [0.2, 0.25) is 0 Å². The van der Waals surface area contributed by atoms with E-state index in [4.69, 9.17) is 0 Å². The van der Waals surface area contributed by atoms with Crippen LogP contribution < -0.4 is 0 Å². The fourth-order valence-corrected chi connectivity index (χ4v) is 5.92. The zero-order chi connectivity index (χ0) is 25.0. The fraction of sp³-hybridized carbons (Fsp3) is 0.357. The molecule has 0 aliphatic carbocycles. The van der Waals surface area contributed by atoms with Gasteiger partial charge in [-0.05, 0) is 67.0 Å². The van der Waals surface area contributed by atoms with Gasteiger partial charge in [0.15, 0.2) is 0 Å². The van der Waals surface area contributed by atoms with Gasteiger partial charge in [0, 0.05) is 42.9 Å². The number of pyridine rings is 1. The summed E-state index contributed by atoms with van der Waals surface area (Å²) in [6.07, 6.45) is 5.23. The third-order valence-electron chi connectivity index (χ3n) is 7.05. The molecule has 1 aromatic heterocycles. The monoisotopic (exact) mass is 491 g/mol. The number of aryl methyl sites for hydroxylation is 2. The van der Waals surface area contributed by atoms with Crippen molar-refractivity contribution in [2.75, 3.05) is 19.3 Å². The summed E-state index contributed by atoms with van der Waals surface area (Å²) in [6, 6.07) is 20.8. The highest BCUT2D eigenvalue weighted by Gasteiger charge is 2.26. The molecule has 35 heavy (non-hydrogen) atoms. The molecule has 0 spiro atoms. The lowest BCUT2D eigenvalue weighted by Gasteiger charge is -2.30. The Morgan fingerprint density at radius 1 is 1.09 bits per heavy atom. The molecule has 6 nitrogen and oxygen atoms in total. The van der Waals surface area contributed by atoms with Gasteiger partial charge in [-0.25, -0.2) is 12.7 Å². The third-order valence-corrected chi connectivity index (χ3v) is 8.35. The molecule has 1 aliphatic rings. The number of rotatable bonds is 7. The smallest absolute Gasteiger partial charge is 0.211 e. The number of hydrogen-bond acceptors (Lipinski definition) is 5. The normalized spacial score (nSPS) is 16.8. The molecule has 0 amide bonds. The van der Waals surface area contributed by atoms with Crippen molar-refractivity contribution in [2.45, 2.75) is 44.9 Å². The Bertz CT molecular complexity index is 1300. The first-order chi connectivity index (χ1) is 16.8. The van der Waals surface area contributed by atoms with Gasteiger partial charge in [0.25, 0.3) is 0 Å². The van der Waals surface area contributed by atoms with Crippen molar-refractivity contribution in [3.05, 3.63) is 100 Å². The van der Waals surface area contributed by atoms with E-state index >= 15 is 0 Å². The number of oxime groups is 1. The van der Waals surface area contributed by atoms with Crippen LogP contribution in [0.4, 0.5) is 0 Å². The molecule has 0 unspecified atom stereocenters. The van der Waals surface area contributed by atoms with E-state index in [9.17, 15) is 13.6 Å². The molecule has 1 aliphatic heterocycles. The quantitative estimate of drug-likeness (QED) is 0.278. The molecule has 3 aromatic rings. The van der Waals surface area contributed by atoms with Crippen molar-refractivity contribution in [3.8, 4) is 0 Å². The minimum atomic E-state index is -3.13. The molecule has 4 rings (SSSR count). The van der Waals surface area contributed by atoms with E-state index in [1.807, 2.05) is 31.2 Å². The number of sulfonamides is 1. The summed E-state index contributed by atoms with van der Waals surface area (Å²) >= 11 is 0. The van der Waals surface area contributed by atoms with Crippen LogP contribution in [0, 0.1) is 13.8 Å². The van der Waals surface area contributed by atoms with E-state index in [0.717, 1.165) is 29.7 Å². The first-order valence-corrected chi connectivity index (χ1v) is 13.9. The van der Waals surface area contributed by atoms with Gasteiger partial charge in [-0.15, -0.1) is 0 Å². The molecule has 0 saturated carbocycles. The summed E-state index contributed by atoms with van der Waals surface area (Å²) in [7, 11) is -3.13. The second-order valence-corrected chi connectivity index (χ2v) is 11.4. The molecule has 7 heteroatoms. The largest absolute Gasteiger partial charge is 0.411 e. The molecule has 0 bridgehead atoms. The number of piperidine rings is 1. The van der Waals surface area contributed by atoms with Crippen LogP contribution in [-0.2, 0) is 10.0 Å². The third kappa shape index (κ3) is 5.97. The Kier molecular flexibility index (Phi) is 7.67. The van der Waals surface area contributed by atoms with Gasteiger partial charge >= 0.3 is 0 Å². The maximum absolute atomic E-state index is 11.8. The Balaban J connectivity index is 1.60. The summed E-state index contributed by atoms with van der Waals surface area (Å²) in [5.74, 6) is 0.380. The Labute approximate surface area is 208 Å². The molecule has 0 radical (unpaired) electrons. The van der Waals surface area contributed by atoms with Crippen LogP contribution in [-0.4, -0.2) is 48.0 Å². The van der Waals surface area contributed by atoms with E-state index < -0.39 is 10.0 Å². The first kappa shape index (κ1) is 25.1. The van der Waals surface area contributed by atoms with Gasteiger partial charge in [-0.2, -0.15) is 0 Å². The Hall–Kier alpha value is -3.03. The van der Waals surface area contributed by atoms with Gasteiger partial charge in [0.05, 0.1) is 12.0 Å². The first-order valence-electron chi connectivity index (χ1n) is 12.0. The van der Waals surface area contributed by atoms with Gasteiger partial charge in [-0.3, -0.25) is 4.98 Å². The summed E-state index contributed by atoms with van der Waals surface area (Å²) < 4.78 is 25.3. The zero-order valence-electron chi connectivity index (χ0n) is 20.6. The summed E-state index contributed by atoms with van der Waals surface area (Å²) in [5, 5.41) is 13.6. The van der Waals surface area contributed by atoms with E-state index in [-0.39, 0.29) is 5.92 Å². The van der Waals surface area contributed by atoms with Gasteiger partial charge in [-0.1, -0.05) is 53.7 Å². The second kappa shape index (κ2) is 10.7. The molecule has 2 heterocycles. The topological polar surface area (TPSA) is 82.9 Å². The molecule has 1 fully saturated rings. The molecular weight excluding hydrogens is 458 g/mol. The van der Waals surface area contributed by atoms with Gasteiger partial charge in [0.2, 0.25) is 10.0 Å². The molecular formula is C28H33N3O3S. The van der Waals surface area contributed by atoms with Crippen LogP contribution in [0.1, 0.15) is 64.6 Å². The van der Waals surface area contributed by atoms with Crippen LogP contribution >= 0.6 is 0 Å². The van der Waals surface area contributed by atoms with E-state index in [2.05, 4.69) is 53.5 Å². The molecule has 1 saturated heterocycles. The van der Waals surface area contributed by atoms with Crippen molar-refractivity contribution in [2.24, 2.45) is 5.16 Å². The minimum absolute atomic E-state index is 0.0247. The molecule has 2 aromatic carbocycles. The highest BCUT2D eigenvalue weighted by Crippen LogP contribution is 2.34. The lowest BCUT2D eigenvalue weighted by atomic mass is 9.82. The fourth-order valence-electron chi connectivity index (χ4n) is 5.04. The highest BCUT2D eigenvalue weighted by atomic mass is 32.2. The SMILES string of the molecule is Cc1cc(C(C[C@H](c2ccc(C3CCN(S(C)(=O)=O)CC3)cc2)c2ccccc2C)=NO)ccn1. The second-order valence-electron chi connectivity index (χ2n) is 9.45. The van der Waals surface area contributed by atoms with Crippen molar-refractivity contribution in [3.63, 3.8) is 0 Å². The van der Waals surface area contributed by atoms with E-state index in [0.29, 0.717) is 31.1 Å². The molecule has 1 N–H and O–H groups in total. The lowest BCUT2D eigenvalue weighted by Crippen LogP contribution is -2.37. The standard InChI is InChI=1S/C28H33N3O3S/c1-20-6-4-5-7-26(20)27(19-28(30-32)25-12-15-29-21(2)18-25)24-10-8-22(9-11-24)23-13-16-31(17-14-23)35(3,33)34/h4-12,15,18,23,27,32H,13-14,16-17,19H2,1-3H3/t27-/m1/s1. The Morgan fingerprint density at radius 3 is 2.37 bits per heavy atom. The van der Waals surface area contributed by atoms with Crippen LogP contribution in [0.5, 0.6) is 0 Å². The zero-order valence-corrected chi connectivity index (χ0v) is 21.4. The van der Waals surface area contributed by atoms with Crippen LogP contribution in [0.3, 0.4) is 0 Å². The maximum atomic E-state index is 11.8. The van der Waals surface area contributed by atoms with Crippen molar-refractivity contribution in [1.82, 2.24) is 9.29 Å². The van der Waals surface area contributed by atoms with Crippen molar-refractivity contribution < 1.29 is 13.6 Å². The summed E-state index contributed by atoms with van der Waals surface area (Å²) in [6.45, 7) is 5.17. The summed E-state index contributed by atoms with van der Waals surface area (Å²) in [5.41, 5.74) is 7.16. The highest BCUT2D eigenvalue weighted by molar-refractivity contribution is 7.88. The predicted octanol–water partition coefficient (Wildman–Crippen LogP) is 5.24. The summed E-state index contributed by atoms with van der Waals surface area (Å²) in [4.78, 5) is 4.27. The van der Waals surface area contributed by atoms with Gasteiger partial charge < -0.3 is 5.21 Å². The van der Waals surface area contributed by atoms with Crippen LogP contribution in [0.15, 0.2) is 72.0 Å². The molecule has 184 valence electrons. The van der Waals surface area contributed by atoms with Crippen molar-refractivity contribution in [1.29, 1.82) is 0 Å². The molecule has 1 atom stereocenters. The number of benzene rings is 2. The minimum Gasteiger partial charge on any atom is -0.411 e. The average molecular weight is 492 g/mol. The maximum Gasteiger partial charge on any atom is 0.211 e. The predicted molar refractivity (Wildman–Crippen MR) is 140 cm³/mol. The van der Waals surface area contributed by atoms with Crippen molar-refractivity contribution >= 4 is 15.7 Å². The van der Waals surface area contributed by atoms with E-state index in [1.54, 1.807) is 10.5 Å². The number of aromatic nitrogens is 1. The number of hydrogen-bond donors (Lipinski definition) is 1. The average Bonchev–Trinajstić information content (AvgIpc) is 2.85. The number of nitrogens with zero attached hydrogens (tertiary/aromatic N) is 3.